The van der Waals surface area contributed by atoms with E-state index in [1.807, 2.05) is 35.7 Å². The van der Waals surface area contributed by atoms with Crippen molar-refractivity contribution >= 4 is 17.2 Å². The van der Waals surface area contributed by atoms with Crippen LogP contribution in [0.2, 0.25) is 0 Å². The summed E-state index contributed by atoms with van der Waals surface area (Å²) >= 11 is 1.58. The normalized spacial score (nSPS) is 17.8. The number of ether oxygens (including phenoxy) is 1. The molecule has 0 unspecified atom stereocenters. The van der Waals surface area contributed by atoms with E-state index < -0.39 is 0 Å². The average Bonchev–Trinajstić information content (AvgIpc) is 3.17. The highest BCUT2D eigenvalue weighted by Crippen LogP contribution is 2.23. The van der Waals surface area contributed by atoms with Gasteiger partial charge in [0.2, 0.25) is 5.91 Å². The predicted molar refractivity (Wildman–Crippen MR) is 83.2 cm³/mol. The number of amides is 1. The summed E-state index contributed by atoms with van der Waals surface area (Å²) in [5.41, 5.74) is 1.93. The van der Waals surface area contributed by atoms with Crippen LogP contribution in [-0.2, 0) is 16.0 Å². The van der Waals surface area contributed by atoms with Gasteiger partial charge in [-0.25, -0.2) is 4.98 Å². The standard InChI is InChI=1S/C16H18N2O2S/c19-15(17-9-12-6-7-20-10-12)8-14-11-21-16(18-14)13-4-2-1-3-5-13/h1-5,11-12H,6-10H2,(H,17,19)/t12-/m1/s1. The maximum absolute atomic E-state index is 11.9. The van der Waals surface area contributed by atoms with Crippen LogP contribution in [0.15, 0.2) is 35.7 Å². The van der Waals surface area contributed by atoms with Gasteiger partial charge in [-0.05, 0) is 6.42 Å². The van der Waals surface area contributed by atoms with Crippen molar-refractivity contribution in [2.45, 2.75) is 12.8 Å². The van der Waals surface area contributed by atoms with E-state index in [2.05, 4.69) is 10.3 Å². The van der Waals surface area contributed by atoms with Gasteiger partial charge in [0.1, 0.15) is 5.01 Å². The number of rotatable bonds is 5. The Bertz CT molecular complexity index is 591. The zero-order valence-corrected chi connectivity index (χ0v) is 12.6. The molecule has 1 fully saturated rings. The lowest BCUT2D eigenvalue weighted by Gasteiger charge is -2.08. The van der Waals surface area contributed by atoms with Crippen molar-refractivity contribution in [1.82, 2.24) is 10.3 Å². The quantitative estimate of drug-likeness (QED) is 0.923. The maximum atomic E-state index is 11.9. The topological polar surface area (TPSA) is 51.2 Å². The highest BCUT2D eigenvalue weighted by Gasteiger charge is 2.16. The second-order valence-electron chi connectivity index (χ2n) is 5.22. The molecule has 1 aliphatic rings. The first kappa shape index (κ1) is 14.2. The molecule has 1 aliphatic heterocycles. The molecule has 0 saturated carbocycles. The van der Waals surface area contributed by atoms with Gasteiger partial charge in [0.15, 0.2) is 0 Å². The van der Waals surface area contributed by atoms with Gasteiger partial charge in [-0.15, -0.1) is 11.3 Å². The molecule has 2 heterocycles. The largest absolute Gasteiger partial charge is 0.381 e. The molecule has 3 rings (SSSR count). The second-order valence-corrected chi connectivity index (χ2v) is 6.08. The van der Waals surface area contributed by atoms with Gasteiger partial charge in [0.05, 0.1) is 18.7 Å². The fourth-order valence-electron chi connectivity index (χ4n) is 2.33. The summed E-state index contributed by atoms with van der Waals surface area (Å²) in [4.78, 5) is 16.5. The summed E-state index contributed by atoms with van der Waals surface area (Å²) in [5, 5.41) is 5.89. The highest BCUT2D eigenvalue weighted by atomic mass is 32.1. The molecular formula is C16H18N2O2S. The first-order chi connectivity index (χ1) is 10.3. The molecule has 1 N–H and O–H groups in total. The molecule has 0 bridgehead atoms. The zero-order chi connectivity index (χ0) is 14.5. The van der Waals surface area contributed by atoms with Crippen LogP contribution in [0.25, 0.3) is 10.6 Å². The fraction of sp³-hybridized carbons (Fsp3) is 0.375. The Morgan fingerprint density at radius 2 is 2.24 bits per heavy atom. The van der Waals surface area contributed by atoms with Crippen LogP contribution in [0.4, 0.5) is 0 Å². The summed E-state index contributed by atoms with van der Waals surface area (Å²) in [5.74, 6) is 0.496. The van der Waals surface area contributed by atoms with E-state index in [1.165, 1.54) is 0 Å². The number of aromatic nitrogens is 1. The van der Waals surface area contributed by atoms with Crippen molar-refractivity contribution < 1.29 is 9.53 Å². The fourth-order valence-corrected chi connectivity index (χ4v) is 3.16. The Morgan fingerprint density at radius 3 is 3.00 bits per heavy atom. The Labute approximate surface area is 128 Å². The average molecular weight is 302 g/mol. The van der Waals surface area contributed by atoms with E-state index in [0.29, 0.717) is 18.9 Å². The van der Waals surface area contributed by atoms with Gasteiger partial charge in [0.25, 0.3) is 0 Å². The molecule has 110 valence electrons. The predicted octanol–water partition coefficient (Wildman–Crippen LogP) is 2.51. The van der Waals surface area contributed by atoms with Crippen LogP contribution >= 0.6 is 11.3 Å². The Kier molecular flexibility index (Phi) is 4.62. The van der Waals surface area contributed by atoms with Crippen molar-refractivity contribution in [1.29, 1.82) is 0 Å². The number of carbonyl (C=O) groups is 1. The van der Waals surface area contributed by atoms with Crippen molar-refractivity contribution in [3.63, 3.8) is 0 Å². The van der Waals surface area contributed by atoms with Crippen LogP contribution in [0, 0.1) is 5.92 Å². The van der Waals surface area contributed by atoms with Crippen molar-refractivity contribution in [2.24, 2.45) is 5.92 Å². The summed E-state index contributed by atoms with van der Waals surface area (Å²) in [7, 11) is 0. The van der Waals surface area contributed by atoms with E-state index in [1.54, 1.807) is 11.3 Å². The lowest BCUT2D eigenvalue weighted by atomic mass is 10.1. The molecule has 1 aromatic heterocycles. The monoisotopic (exact) mass is 302 g/mol. The molecule has 1 saturated heterocycles. The smallest absolute Gasteiger partial charge is 0.226 e. The first-order valence-corrected chi connectivity index (χ1v) is 8.03. The number of thiazole rings is 1. The minimum atomic E-state index is 0.0341. The van der Waals surface area contributed by atoms with Gasteiger partial charge in [-0.3, -0.25) is 4.79 Å². The molecule has 2 aromatic rings. The number of hydrogen-bond acceptors (Lipinski definition) is 4. The van der Waals surface area contributed by atoms with E-state index in [0.717, 1.165) is 35.9 Å². The molecule has 1 amide bonds. The van der Waals surface area contributed by atoms with E-state index in [4.69, 9.17) is 4.74 Å². The van der Waals surface area contributed by atoms with Gasteiger partial charge in [-0.1, -0.05) is 30.3 Å². The number of nitrogens with zero attached hydrogens (tertiary/aromatic N) is 1. The SMILES string of the molecule is O=C(Cc1csc(-c2ccccc2)n1)NC[C@H]1CCOC1. The van der Waals surface area contributed by atoms with Crippen molar-refractivity contribution in [2.75, 3.05) is 19.8 Å². The number of nitrogens with one attached hydrogen (secondary N) is 1. The van der Waals surface area contributed by atoms with Gasteiger partial charge >= 0.3 is 0 Å². The number of benzene rings is 1. The van der Waals surface area contributed by atoms with E-state index in [-0.39, 0.29) is 5.91 Å². The molecule has 1 aromatic carbocycles. The van der Waals surface area contributed by atoms with Crippen LogP contribution in [0.5, 0.6) is 0 Å². The third kappa shape index (κ3) is 3.89. The van der Waals surface area contributed by atoms with Gasteiger partial charge in [0, 0.05) is 30.0 Å². The van der Waals surface area contributed by atoms with E-state index in [9.17, 15) is 4.79 Å². The van der Waals surface area contributed by atoms with Gasteiger partial charge < -0.3 is 10.1 Å². The molecular weight excluding hydrogens is 284 g/mol. The summed E-state index contributed by atoms with van der Waals surface area (Å²) in [6, 6.07) is 10.0. The number of carbonyl (C=O) groups excluding carboxylic acids is 1. The lowest BCUT2D eigenvalue weighted by Crippen LogP contribution is -2.30. The molecule has 21 heavy (non-hydrogen) atoms. The third-order valence-corrected chi connectivity index (χ3v) is 4.47. The summed E-state index contributed by atoms with van der Waals surface area (Å²) in [6.07, 6.45) is 1.38. The molecule has 0 aliphatic carbocycles. The molecule has 0 radical (unpaired) electrons. The Hall–Kier alpha value is -1.72. The minimum absolute atomic E-state index is 0.0341. The molecule has 5 heteroatoms. The first-order valence-electron chi connectivity index (χ1n) is 7.15. The van der Waals surface area contributed by atoms with Crippen LogP contribution in [-0.4, -0.2) is 30.6 Å². The molecule has 1 atom stereocenters. The van der Waals surface area contributed by atoms with Crippen LogP contribution in [0.1, 0.15) is 12.1 Å². The van der Waals surface area contributed by atoms with Crippen LogP contribution in [0.3, 0.4) is 0 Å². The molecule has 4 nitrogen and oxygen atoms in total. The summed E-state index contributed by atoms with van der Waals surface area (Å²) < 4.78 is 5.30. The maximum Gasteiger partial charge on any atom is 0.226 e. The Morgan fingerprint density at radius 1 is 1.38 bits per heavy atom. The van der Waals surface area contributed by atoms with Gasteiger partial charge in [-0.2, -0.15) is 0 Å². The second kappa shape index (κ2) is 6.83. The lowest BCUT2D eigenvalue weighted by molar-refractivity contribution is -0.120. The van der Waals surface area contributed by atoms with Crippen molar-refractivity contribution in [3.8, 4) is 10.6 Å². The van der Waals surface area contributed by atoms with E-state index >= 15 is 0 Å². The third-order valence-electron chi connectivity index (χ3n) is 3.53. The Balaban J connectivity index is 1.53. The zero-order valence-electron chi connectivity index (χ0n) is 11.7. The summed E-state index contributed by atoms with van der Waals surface area (Å²) in [6.45, 7) is 2.27. The minimum Gasteiger partial charge on any atom is -0.381 e. The highest BCUT2D eigenvalue weighted by molar-refractivity contribution is 7.13. The molecule has 0 spiro atoms. The number of hydrogen-bond donors (Lipinski definition) is 1. The van der Waals surface area contributed by atoms with Crippen LogP contribution < -0.4 is 5.32 Å². The van der Waals surface area contributed by atoms with Crippen molar-refractivity contribution in [3.05, 3.63) is 41.4 Å².